The number of para-hydroxylation sites is 1. The van der Waals surface area contributed by atoms with E-state index in [1.165, 1.54) is 31.0 Å². The fraction of sp³-hybridized carbons (Fsp3) is 0.167. The zero-order valence-electron chi connectivity index (χ0n) is 15.3. The first-order chi connectivity index (χ1) is 14.0. The van der Waals surface area contributed by atoms with E-state index in [1.54, 1.807) is 0 Å². The number of aromatic nitrogens is 3. The molecule has 0 saturated heterocycles. The van der Waals surface area contributed by atoms with Crippen molar-refractivity contribution >= 4 is 23.1 Å². The molecule has 1 aliphatic heterocycles. The van der Waals surface area contributed by atoms with Crippen molar-refractivity contribution in [2.75, 3.05) is 18.7 Å². The Morgan fingerprint density at radius 3 is 2.83 bits per heavy atom. The normalized spacial score (nSPS) is 14.6. The van der Waals surface area contributed by atoms with Crippen molar-refractivity contribution in [2.45, 2.75) is 11.4 Å². The lowest BCUT2D eigenvalue weighted by Gasteiger charge is -2.20. The van der Waals surface area contributed by atoms with Gasteiger partial charge in [-0.05, 0) is 18.4 Å². The van der Waals surface area contributed by atoms with Gasteiger partial charge in [0.05, 0.1) is 12.0 Å². The van der Waals surface area contributed by atoms with Gasteiger partial charge in [0.1, 0.15) is 0 Å². The third-order valence-corrected chi connectivity index (χ3v) is 4.85. The number of nitrogens with zero attached hydrogens (tertiary/aromatic N) is 4. The van der Waals surface area contributed by atoms with Gasteiger partial charge in [0.25, 0.3) is 0 Å². The van der Waals surface area contributed by atoms with Crippen molar-refractivity contribution in [1.82, 2.24) is 15.2 Å². The molecule has 0 spiro atoms. The highest BCUT2D eigenvalue weighted by molar-refractivity contribution is 7.98. The second-order valence-corrected chi connectivity index (χ2v) is 6.76. The number of nitrogens with one attached hydrogen (secondary N) is 1. The van der Waals surface area contributed by atoms with Gasteiger partial charge in [-0.2, -0.15) is 4.98 Å². The van der Waals surface area contributed by atoms with Crippen molar-refractivity contribution in [3.8, 4) is 28.6 Å². The number of nitro benzene ring substituents is 1. The molecule has 0 fully saturated rings. The second-order valence-electron chi connectivity index (χ2n) is 5.99. The molecule has 0 amide bonds. The number of anilines is 1. The summed E-state index contributed by atoms with van der Waals surface area (Å²) in [4.78, 5) is 15.1. The first kappa shape index (κ1) is 18.7. The zero-order valence-corrected chi connectivity index (χ0v) is 16.1. The van der Waals surface area contributed by atoms with E-state index in [-0.39, 0.29) is 11.6 Å². The standard InChI is InChI=1S/C18H15N5O5S/c1-27-13-8-9(7-12(15(13)24)23(25)26)16-19-11-6-4-3-5-10(11)14-17(28-16)20-18(29-2)22-21-14/h3-8,16,19,24H,1-2H3/t16-/m0/s1. The van der Waals surface area contributed by atoms with Gasteiger partial charge in [-0.1, -0.05) is 30.0 Å². The Morgan fingerprint density at radius 1 is 1.31 bits per heavy atom. The second kappa shape index (κ2) is 7.43. The van der Waals surface area contributed by atoms with Crippen LogP contribution in [0.3, 0.4) is 0 Å². The van der Waals surface area contributed by atoms with Crippen LogP contribution in [0.25, 0.3) is 11.3 Å². The molecule has 0 radical (unpaired) electrons. The minimum absolute atomic E-state index is 0.0389. The van der Waals surface area contributed by atoms with E-state index in [0.29, 0.717) is 22.1 Å². The smallest absolute Gasteiger partial charge is 0.315 e. The molecule has 2 N–H and O–H groups in total. The Hall–Kier alpha value is -3.60. The summed E-state index contributed by atoms with van der Waals surface area (Å²) in [5.41, 5.74) is 1.76. The third kappa shape index (κ3) is 3.36. The van der Waals surface area contributed by atoms with E-state index < -0.39 is 22.6 Å². The number of aromatic hydroxyl groups is 1. The monoisotopic (exact) mass is 413 g/mol. The molecular weight excluding hydrogens is 398 g/mol. The van der Waals surface area contributed by atoms with Crippen molar-refractivity contribution < 1.29 is 19.5 Å². The van der Waals surface area contributed by atoms with E-state index in [2.05, 4.69) is 20.5 Å². The van der Waals surface area contributed by atoms with E-state index >= 15 is 0 Å². The van der Waals surface area contributed by atoms with Crippen LogP contribution in [-0.4, -0.2) is 38.6 Å². The molecule has 4 rings (SSSR count). The van der Waals surface area contributed by atoms with Crippen LogP contribution in [0.1, 0.15) is 11.8 Å². The average Bonchev–Trinajstić information content (AvgIpc) is 2.89. The van der Waals surface area contributed by atoms with Crippen molar-refractivity contribution in [3.63, 3.8) is 0 Å². The van der Waals surface area contributed by atoms with Gasteiger partial charge in [-0.15, -0.1) is 10.2 Å². The molecule has 148 valence electrons. The number of phenols is 1. The molecule has 0 unspecified atom stereocenters. The van der Waals surface area contributed by atoms with Gasteiger partial charge >= 0.3 is 5.69 Å². The van der Waals surface area contributed by atoms with Gasteiger partial charge in [-0.25, -0.2) is 0 Å². The summed E-state index contributed by atoms with van der Waals surface area (Å²) >= 11 is 1.31. The summed E-state index contributed by atoms with van der Waals surface area (Å²) in [6.45, 7) is 0. The molecule has 3 aromatic rings. The fourth-order valence-electron chi connectivity index (χ4n) is 2.94. The van der Waals surface area contributed by atoms with Crippen LogP contribution >= 0.6 is 11.8 Å². The molecule has 0 saturated carbocycles. The molecular formula is C18H15N5O5S. The lowest BCUT2D eigenvalue weighted by atomic mass is 10.1. The summed E-state index contributed by atoms with van der Waals surface area (Å²) in [5.74, 6) is -0.353. The van der Waals surface area contributed by atoms with Crippen LogP contribution in [0.2, 0.25) is 0 Å². The SMILES string of the molecule is COc1cc([C@H]2Nc3ccccc3-c3nnc(SC)nc3O2)cc([N+](=O)[O-])c1O. The highest BCUT2D eigenvalue weighted by atomic mass is 32.2. The van der Waals surface area contributed by atoms with Crippen LogP contribution < -0.4 is 14.8 Å². The minimum atomic E-state index is -0.850. The lowest BCUT2D eigenvalue weighted by Crippen LogP contribution is -2.17. The summed E-state index contributed by atoms with van der Waals surface area (Å²) in [5, 5.41) is 33.4. The molecule has 2 heterocycles. The van der Waals surface area contributed by atoms with Gasteiger partial charge in [0.2, 0.25) is 16.8 Å². The minimum Gasteiger partial charge on any atom is -0.500 e. The maximum Gasteiger partial charge on any atom is 0.315 e. The number of benzene rings is 2. The van der Waals surface area contributed by atoms with E-state index in [0.717, 1.165) is 5.56 Å². The lowest BCUT2D eigenvalue weighted by molar-refractivity contribution is -0.386. The van der Waals surface area contributed by atoms with Gasteiger partial charge in [-0.3, -0.25) is 10.1 Å². The molecule has 11 heteroatoms. The number of fused-ring (bicyclic) bond motifs is 3. The summed E-state index contributed by atoms with van der Waals surface area (Å²) in [6.07, 6.45) is 0.967. The van der Waals surface area contributed by atoms with Crippen LogP contribution in [-0.2, 0) is 0 Å². The Morgan fingerprint density at radius 2 is 2.10 bits per heavy atom. The number of rotatable bonds is 4. The predicted octanol–water partition coefficient (Wildman–Crippen LogP) is 3.39. The molecule has 10 nitrogen and oxygen atoms in total. The number of thioether (sulfide) groups is 1. The molecule has 1 atom stereocenters. The van der Waals surface area contributed by atoms with E-state index in [1.807, 2.05) is 30.5 Å². The predicted molar refractivity (Wildman–Crippen MR) is 105 cm³/mol. The maximum absolute atomic E-state index is 11.4. The van der Waals surface area contributed by atoms with Crippen LogP contribution in [0.15, 0.2) is 41.6 Å². The van der Waals surface area contributed by atoms with E-state index in [9.17, 15) is 15.2 Å². The van der Waals surface area contributed by atoms with Crippen molar-refractivity contribution in [3.05, 3.63) is 52.1 Å². The largest absolute Gasteiger partial charge is 0.500 e. The Bertz CT molecular complexity index is 1110. The zero-order chi connectivity index (χ0) is 20.5. The van der Waals surface area contributed by atoms with Crippen LogP contribution in [0.4, 0.5) is 11.4 Å². The number of ether oxygens (including phenoxy) is 2. The summed E-state index contributed by atoms with van der Waals surface area (Å²) in [7, 11) is 1.32. The maximum atomic E-state index is 11.4. The third-order valence-electron chi connectivity index (χ3n) is 4.31. The van der Waals surface area contributed by atoms with Gasteiger partial charge < -0.3 is 19.9 Å². The molecule has 2 aromatic carbocycles. The van der Waals surface area contributed by atoms with Gasteiger partial charge in [0.15, 0.2) is 17.7 Å². The number of hydrogen-bond acceptors (Lipinski definition) is 10. The van der Waals surface area contributed by atoms with Crippen LogP contribution in [0, 0.1) is 10.1 Å². The van der Waals surface area contributed by atoms with Crippen molar-refractivity contribution in [1.29, 1.82) is 0 Å². The first-order valence-electron chi connectivity index (χ1n) is 8.38. The Labute approximate surface area is 169 Å². The molecule has 1 aliphatic rings. The molecule has 0 bridgehead atoms. The molecule has 0 aliphatic carbocycles. The highest BCUT2D eigenvalue weighted by Gasteiger charge is 2.29. The molecule has 1 aromatic heterocycles. The number of phenolic OH excluding ortho intramolecular Hbond substituents is 1. The number of methoxy groups -OCH3 is 1. The number of hydrogen-bond donors (Lipinski definition) is 2. The van der Waals surface area contributed by atoms with Crippen LogP contribution in [0.5, 0.6) is 17.4 Å². The Kier molecular flexibility index (Phi) is 4.80. The number of nitro groups is 1. The molecule has 29 heavy (non-hydrogen) atoms. The highest BCUT2D eigenvalue weighted by Crippen LogP contribution is 2.43. The fourth-order valence-corrected chi connectivity index (χ4v) is 3.24. The average molecular weight is 413 g/mol. The summed E-state index contributed by atoms with van der Waals surface area (Å²) < 4.78 is 11.1. The Balaban J connectivity index is 1.88. The quantitative estimate of drug-likeness (QED) is 0.372. The van der Waals surface area contributed by atoms with E-state index in [4.69, 9.17) is 9.47 Å². The van der Waals surface area contributed by atoms with Gasteiger partial charge in [0, 0.05) is 22.9 Å². The summed E-state index contributed by atoms with van der Waals surface area (Å²) in [6, 6.07) is 10.1. The topological polar surface area (TPSA) is 133 Å². The first-order valence-corrected chi connectivity index (χ1v) is 9.61. The van der Waals surface area contributed by atoms with Crippen molar-refractivity contribution in [2.24, 2.45) is 0 Å².